The molecule has 108 valence electrons. The highest BCUT2D eigenvalue weighted by Crippen LogP contribution is 2.27. The van der Waals surface area contributed by atoms with E-state index in [4.69, 9.17) is 4.42 Å². The number of rotatable bonds is 3. The summed E-state index contributed by atoms with van der Waals surface area (Å²) in [5.74, 6) is 1.19. The third kappa shape index (κ3) is 3.05. The molecule has 1 heterocycles. The molecule has 0 N–H and O–H groups in total. The average molecular weight is 296 g/mol. The van der Waals surface area contributed by atoms with Crippen molar-refractivity contribution in [3.63, 3.8) is 0 Å². The van der Waals surface area contributed by atoms with E-state index in [-0.39, 0.29) is 0 Å². The van der Waals surface area contributed by atoms with Crippen LogP contribution in [0.1, 0.15) is 16.9 Å². The van der Waals surface area contributed by atoms with Crippen LogP contribution in [0.4, 0.5) is 0 Å². The van der Waals surface area contributed by atoms with Gasteiger partial charge in [-0.3, -0.25) is 0 Å². The lowest BCUT2D eigenvalue weighted by atomic mass is 10.1. The van der Waals surface area contributed by atoms with Crippen LogP contribution in [0.15, 0.2) is 71.1 Å². The molecule has 0 unspecified atom stereocenters. The molecule has 0 atom stereocenters. The van der Waals surface area contributed by atoms with E-state index in [1.807, 2.05) is 54.6 Å². The molecule has 3 heteroatoms. The van der Waals surface area contributed by atoms with E-state index in [2.05, 4.69) is 12.1 Å². The number of allylic oxidation sites excluding steroid dienone is 1. The standard InChI is InChI=1S/C20H12N2O/c21-13-16-8-4-5-9-19(16)20-11-10-18(23-20)12-17(14-22)15-6-2-1-3-7-15/h1-12H/b17-12-. The summed E-state index contributed by atoms with van der Waals surface area (Å²) in [6.07, 6.45) is 1.70. The lowest BCUT2D eigenvalue weighted by molar-refractivity contribution is 0.572. The number of nitrogens with zero attached hydrogens (tertiary/aromatic N) is 2. The molecule has 0 aliphatic heterocycles. The molecule has 0 bridgehead atoms. The SMILES string of the molecule is N#C/C(=C/c1ccc(-c2ccccc2C#N)o1)c1ccccc1. The van der Waals surface area contributed by atoms with E-state index in [1.54, 1.807) is 18.2 Å². The Morgan fingerprint density at radius 3 is 2.35 bits per heavy atom. The first-order valence-corrected chi connectivity index (χ1v) is 7.08. The largest absolute Gasteiger partial charge is 0.457 e. The van der Waals surface area contributed by atoms with Crippen LogP contribution in [0.25, 0.3) is 23.0 Å². The van der Waals surface area contributed by atoms with E-state index < -0.39 is 0 Å². The first-order chi connectivity index (χ1) is 11.3. The summed E-state index contributed by atoms with van der Waals surface area (Å²) in [6, 6.07) is 24.6. The van der Waals surface area contributed by atoms with Gasteiger partial charge in [0.1, 0.15) is 11.5 Å². The Kier molecular flexibility index (Phi) is 4.05. The number of hydrogen-bond acceptors (Lipinski definition) is 3. The summed E-state index contributed by atoms with van der Waals surface area (Å²) in [5.41, 5.74) is 2.67. The van der Waals surface area contributed by atoms with Crippen molar-refractivity contribution >= 4 is 11.6 Å². The third-order valence-corrected chi connectivity index (χ3v) is 3.43. The van der Waals surface area contributed by atoms with Gasteiger partial charge in [0, 0.05) is 5.56 Å². The fourth-order valence-corrected chi connectivity index (χ4v) is 2.31. The Morgan fingerprint density at radius 2 is 1.61 bits per heavy atom. The van der Waals surface area contributed by atoms with E-state index in [1.165, 1.54) is 0 Å². The number of furan rings is 1. The molecule has 3 aromatic rings. The Hall–Kier alpha value is -3.56. The molecule has 0 fully saturated rings. The van der Waals surface area contributed by atoms with Gasteiger partial charge in [-0.1, -0.05) is 42.5 Å². The van der Waals surface area contributed by atoms with E-state index in [0.717, 1.165) is 11.1 Å². The molecule has 0 spiro atoms. The van der Waals surface area contributed by atoms with Crippen LogP contribution >= 0.6 is 0 Å². The normalized spacial score (nSPS) is 10.8. The van der Waals surface area contributed by atoms with Gasteiger partial charge in [-0.15, -0.1) is 0 Å². The van der Waals surface area contributed by atoms with Gasteiger partial charge in [0.25, 0.3) is 0 Å². The van der Waals surface area contributed by atoms with Gasteiger partial charge in [-0.05, 0) is 35.9 Å². The summed E-state index contributed by atoms with van der Waals surface area (Å²) in [6.45, 7) is 0. The van der Waals surface area contributed by atoms with Crippen LogP contribution in [-0.4, -0.2) is 0 Å². The maximum Gasteiger partial charge on any atom is 0.136 e. The summed E-state index contributed by atoms with van der Waals surface area (Å²) in [4.78, 5) is 0. The second kappa shape index (κ2) is 6.47. The first-order valence-electron chi connectivity index (χ1n) is 7.08. The lowest BCUT2D eigenvalue weighted by Crippen LogP contribution is -1.81. The van der Waals surface area contributed by atoms with Crippen molar-refractivity contribution in [1.82, 2.24) is 0 Å². The minimum absolute atomic E-state index is 0.528. The maximum absolute atomic E-state index is 9.34. The molecule has 2 aromatic carbocycles. The smallest absolute Gasteiger partial charge is 0.136 e. The van der Waals surface area contributed by atoms with Crippen LogP contribution in [0.3, 0.4) is 0 Å². The predicted octanol–water partition coefficient (Wildman–Crippen LogP) is 4.88. The maximum atomic E-state index is 9.34. The highest BCUT2D eigenvalue weighted by Gasteiger charge is 2.09. The summed E-state index contributed by atoms with van der Waals surface area (Å²) in [5, 5.41) is 18.5. The molecule has 0 saturated heterocycles. The van der Waals surface area contributed by atoms with Gasteiger partial charge in [0.05, 0.1) is 23.3 Å². The van der Waals surface area contributed by atoms with Crippen molar-refractivity contribution in [2.24, 2.45) is 0 Å². The quantitative estimate of drug-likeness (QED) is 0.647. The van der Waals surface area contributed by atoms with Gasteiger partial charge in [0.15, 0.2) is 0 Å². The molecule has 0 amide bonds. The molecule has 1 aromatic heterocycles. The molecular formula is C20H12N2O. The van der Waals surface area contributed by atoms with Crippen molar-refractivity contribution in [3.8, 4) is 23.5 Å². The zero-order valence-electron chi connectivity index (χ0n) is 12.2. The van der Waals surface area contributed by atoms with E-state index in [9.17, 15) is 10.5 Å². The fourth-order valence-electron chi connectivity index (χ4n) is 2.31. The van der Waals surface area contributed by atoms with Crippen molar-refractivity contribution in [3.05, 3.63) is 83.6 Å². The van der Waals surface area contributed by atoms with Gasteiger partial charge < -0.3 is 4.42 Å². The van der Waals surface area contributed by atoms with Gasteiger partial charge >= 0.3 is 0 Å². The second-order valence-electron chi connectivity index (χ2n) is 4.90. The highest BCUT2D eigenvalue weighted by atomic mass is 16.3. The van der Waals surface area contributed by atoms with Crippen molar-refractivity contribution in [2.45, 2.75) is 0 Å². The van der Waals surface area contributed by atoms with Crippen molar-refractivity contribution in [1.29, 1.82) is 10.5 Å². The number of hydrogen-bond donors (Lipinski definition) is 0. The lowest BCUT2D eigenvalue weighted by Gasteiger charge is -1.99. The van der Waals surface area contributed by atoms with E-state index in [0.29, 0.717) is 22.7 Å². The van der Waals surface area contributed by atoms with Crippen LogP contribution in [0, 0.1) is 22.7 Å². The molecule has 0 aliphatic rings. The molecule has 23 heavy (non-hydrogen) atoms. The summed E-state index contributed by atoms with van der Waals surface area (Å²) >= 11 is 0. The number of nitriles is 2. The molecule has 3 rings (SSSR count). The van der Waals surface area contributed by atoms with Crippen LogP contribution in [0.5, 0.6) is 0 Å². The zero-order valence-corrected chi connectivity index (χ0v) is 12.2. The zero-order chi connectivity index (χ0) is 16.1. The minimum atomic E-state index is 0.528. The Balaban J connectivity index is 1.98. The molecular weight excluding hydrogens is 284 g/mol. The van der Waals surface area contributed by atoms with Gasteiger partial charge in [-0.25, -0.2) is 0 Å². The molecule has 0 radical (unpaired) electrons. The number of benzene rings is 2. The first kappa shape index (κ1) is 14.4. The monoisotopic (exact) mass is 296 g/mol. The van der Waals surface area contributed by atoms with Crippen LogP contribution in [-0.2, 0) is 0 Å². The Labute approximate surface area is 134 Å². The predicted molar refractivity (Wildman–Crippen MR) is 88.8 cm³/mol. The van der Waals surface area contributed by atoms with Crippen molar-refractivity contribution in [2.75, 3.05) is 0 Å². The van der Waals surface area contributed by atoms with E-state index >= 15 is 0 Å². The van der Waals surface area contributed by atoms with Crippen LogP contribution in [0.2, 0.25) is 0 Å². The van der Waals surface area contributed by atoms with Gasteiger partial charge in [0.2, 0.25) is 0 Å². The highest BCUT2D eigenvalue weighted by molar-refractivity contribution is 5.88. The molecule has 0 aliphatic carbocycles. The average Bonchev–Trinajstić information content (AvgIpc) is 3.09. The van der Waals surface area contributed by atoms with Crippen LogP contribution < -0.4 is 0 Å². The third-order valence-electron chi connectivity index (χ3n) is 3.43. The Bertz CT molecular complexity index is 938. The molecule has 0 saturated carbocycles. The minimum Gasteiger partial charge on any atom is -0.457 e. The summed E-state index contributed by atoms with van der Waals surface area (Å²) < 4.78 is 5.79. The van der Waals surface area contributed by atoms with Gasteiger partial charge in [-0.2, -0.15) is 10.5 Å². The Morgan fingerprint density at radius 1 is 0.870 bits per heavy atom. The van der Waals surface area contributed by atoms with Crippen molar-refractivity contribution < 1.29 is 4.42 Å². The second-order valence-corrected chi connectivity index (χ2v) is 4.90. The topological polar surface area (TPSA) is 60.7 Å². The molecule has 3 nitrogen and oxygen atoms in total. The fraction of sp³-hybridized carbons (Fsp3) is 0. The summed E-state index contributed by atoms with van der Waals surface area (Å²) in [7, 11) is 0.